The Morgan fingerprint density at radius 3 is 2.05 bits per heavy atom. The average Bonchev–Trinajstić information content (AvgIpc) is 2.38. The Hall–Kier alpha value is -1.30. The molecule has 124 valence electrons. The number of aliphatic carboxylic acids is 1. The zero-order valence-electron chi connectivity index (χ0n) is 14.2. The standard InChI is InChI=1S/C15H31N3O3/c1-7-18(8-2)11-9-10-16-13(21)17-15(5,6)14(3,4)12(19)20/h7-11H2,1-6H3,(H,19,20)(H2,16,17,21). The van der Waals surface area contributed by atoms with Crippen molar-refractivity contribution in [3.8, 4) is 0 Å². The zero-order chi connectivity index (χ0) is 16.7. The lowest BCUT2D eigenvalue weighted by atomic mass is 9.74. The minimum Gasteiger partial charge on any atom is -0.481 e. The van der Waals surface area contributed by atoms with Gasteiger partial charge in [0.2, 0.25) is 0 Å². The van der Waals surface area contributed by atoms with E-state index in [2.05, 4.69) is 29.4 Å². The van der Waals surface area contributed by atoms with Gasteiger partial charge in [0.05, 0.1) is 11.0 Å². The quantitative estimate of drug-likeness (QED) is 0.568. The van der Waals surface area contributed by atoms with Gasteiger partial charge in [-0.1, -0.05) is 13.8 Å². The Bertz CT molecular complexity index is 350. The Balaban J connectivity index is 4.23. The summed E-state index contributed by atoms with van der Waals surface area (Å²) >= 11 is 0. The summed E-state index contributed by atoms with van der Waals surface area (Å²) in [5.41, 5.74) is -1.90. The van der Waals surface area contributed by atoms with Crippen molar-refractivity contribution in [1.29, 1.82) is 0 Å². The van der Waals surface area contributed by atoms with Crippen molar-refractivity contribution in [2.45, 2.75) is 53.5 Å². The van der Waals surface area contributed by atoms with Gasteiger partial charge < -0.3 is 20.6 Å². The van der Waals surface area contributed by atoms with Crippen LogP contribution in [-0.2, 0) is 4.79 Å². The minimum absolute atomic E-state index is 0.325. The molecule has 0 unspecified atom stereocenters. The van der Waals surface area contributed by atoms with Gasteiger partial charge in [-0.25, -0.2) is 4.79 Å². The van der Waals surface area contributed by atoms with Crippen molar-refractivity contribution >= 4 is 12.0 Å². The van der Waals surface area contributed by atoms with Crippen molar-refractivity contribution in [3.63, 3.8) is 0 Å². The van der Waals surface area contributed by atoms with Crippen LogP contribution < -0.4 is 10.6 Å². The lowest BCUT2D eigenvalue weighted by Gasteiger charge is -2.38. The fourth-order valence-corrected chi connectivity index (χ4v) is 1.80. The topological polar surface area (TPSA) is 81.7 Å². The highest BCUT2D eigenvalue weighted by atomic mass is 16.4. The summed E-state index contributed by atoms with van der Waals surface area (Å²) in [7, 11) is 0. The highest BCUT2D eigenvalue weighted by Gasteiger charge is 2.44. The summed E-state index contributed by atoms with van der Waals surface area (Å²) in [5.74, 6) is -0.936. The van der Waals surface area contributed by atoms with Gasteiger partial charge in [0, 0.05) is 6.54 Å². The minimum atomic E-state index is -1.05. The van der Waals surface area contributed by atoms with E-state index in [0.717, 1.165) is 26.1 Å². The molecule has 0 aromatic heterocycles. The second-order valence-corrected chi connectivity index (χ2v) is 6.32. The van der Waals surface area contributed by atoms with Gasteiger partial charge in [0.25, 0.3) is 0 Å². The molecule has 0 heterocycles. The molecule has 0 aliphatic heterocycles. The lowest BCUT2D eigenvalue weighted by Crippen LogP contribution is -2.59. The molecule has 0 rings (SSSR count). The summed E-state index contributed by atoms with van der Waals surface area (Å²) in [5, 5.41) is 14.8. The number of carboxylic acid groups (broad SMARTS) is 1. The van der Waals surface area contributed by atoms with Crippen LogP contribution in [0.5, 0.6) is 0 Å². The first kappa shape index (κ1) is 19.7. The van der Waals surface area contributed by atoms with Gasteiger partial charge in [0.1, 0.15) is 0 Å². The van der Waals surface area contributed by atoms with Crippen LogP contribution in [0.4, 0.5) is 4.79 Å². The Morgan fingerprint density at radius 2 is 1.62 bits per heavy atom. The maximum absolute atomic E-state index is 11.9. The molecule has 0 fully saturated rings. The molecule has 2 amide bonds. The SMILES string of the molecule is CCN(CC)CCCNC(=O)NC(C)(C)C(C)(C)C(=O)O. The Labute approximate surface area is 128 Å². The summed E-state index contributed by atoms with van der Waals surface area (Å²) < 4.78 is 0. The molecule has 6 nitrogen and oxygen atoms in total. The molecule has 0 radical (unpaired) electrons. The van der Waals surface area contributed by atoms with Gasteiger partial charge >= 0.3 is 12.0 Å². The second kappa shape index (κ2) is 8.22. The Morgan fingerprint density at radius 1 is 1.10 bits per heavy atom. The van der Waals surface area contributed by atoms with E-state index in [1.165, 1.54) is 0 Å². The van der Waals surface area contributed by atoms with Crippen molar-refractivity contribution in [1.82, 2.24) is 15.5 Å². The second-order valence-electron chi connectivity index (χ2n) is 6.32. The molecule has 0 spiro atoms. The van der Waals surface area contributed by atoms with E-state index in [1.807, 2.05) is 0 Å². The summed E-state index contributed by atoms with van der Waals surface area (Å²) in [6.07, 6.45) is 0.873. The predicted molar refractivity (Wildman–Crippen MR) is 84.4 cm³/mol. The summed E-state index contributed by atoms with van der Waals surface area (Å²) in [6.45, 7) is 14.4. The number of urea groups is 1. The van der Waals surface area contributed by atoms with E-state index in [9.17, 15) is 14.7 Å². The van der Waals surface area contributed by atoms with Crippen LogP contribution in [0.2, 0.25) is 0 Å². The number of carbonyl (C=O) groups is 2. The first-order chi connectivity index (χ1) is 9.58. The predicted octanol–water partition coefficient (Wildman–Crippen LogP) is 1.91. The number of amides is 2. The first-order valence-corrected chi connectivity index (χ1v) is 7.60. The average molecular weight is 301 g/mol. The summed E-state index contributed by atoms with van der Waals surface area (Å²) in [4.78, 5) is 25.4. The van der Waals surface area contributed by atoms with Crippen molar-refractivity contribution in [2.75, 3.05) is 26.2 Å². The van der Waals surface area contributed by atoms with Gasteiger partial charge in [-0.05, 0) is 53.8 Å². The molecule has 0 aromatic carbocycles. The number of carbonyl (C=O) groups excluding carboxylic acids is 1. The highest BCUT2D eigenvalue weighted by Crippen LogP contribution is 2.30. The van der Waals surface area contributed by atoms with Crippen LogP contribution >= 0.6 is 0 Å². The van der Waals surface area contributed by atoms with Crippen LogP contribution in [0.25, 0.3) is 0 Å². The molecule has 0 aliphatic carbocycles. The smallest absolute Gasteiger partial charge is 0.315 e. The van der Waals surface area contributed by atoms with E-state index in [0.29, 0.717) is 6.54 Å². The summed E-state index contributed by atoms with van der Waals surface area (Å²) in [6, 6.07) is -0.325. The number of hydrogen-bond donors (Lipinski definition) is 3. The third kappa shape index (κ3) is 5.91. The first-order valence-electron chi connectivity index (χ1n) is 7.60. The van der Waals surface area contributed by atoms with Crippen LogP contribution in [0, 0.1) is 5.41 Å². The molecule has 0 bridgehead atoms. The normalized spacial score (nSPS) is 12.3. The largest absolute Gasteiger partial charge is 0.481 e. The van der Waals surface area contributed by atoms with E-state index in [-0.39, 0.29) is 6.03 Å². The third-order valence-corrected chi connectivity index (χ3v) is 4.35. The molecule has 0 atom stereocenters. The van der Waals surface area contributed by atoms with Crippen molar-refractivity contribution < 1.29 is 14.7 Å². The molecule has 0 saturated heterocycles. The highest BCUT2D eigenvalue weighted by molar-refractivity contribution is 5.79. The molecular weight excluding hydrogens is 270 g/mol. The maximum atomic E-state index is 11.9. The van der Waals surface area contributed by atoms with Crippen LogP contribution in [0.1, 0.15) is 48.0 Å². The molecule has 0 aromatic rings. The Kier molecular flexibility index (Phi) is 7.71. The number of rotatable bonds is 9. The van der Waals surface area contributed by atoms with Crippen LogP contribution in [0.3, 0.4) is 0 Å². The number of carboxylic acids is 1. The van der Waals surface area contributed by atoms with Gasteiger partial charge in [0.15, 0.2) is 0 Å². The van der Waals surface area contributed by atoms with E-state index < -0.39 is 16.9 Å². The van der Waals surface area contributed by atoms with Crippen molar-refractivity contribution in [3.05, 3.63) is 0 Å². The molecule has 6 heteroatoms. The maximum Gasteiger partial charge on any atom is 0.315 e. The number of nitrogens with one attached hydrogen (secondary N) is 2. The van der Waals surface area contributed by atoms with Gasteiger partial charge in [-0.15, -0.1) is 0 Å². The molecule has 21 heavy (non-hydrogen) atoms. The zero-order valence-corrected chi connectivity index (χ0v) is 14.2. The van der Waals surface area contributed by atoms with Crippen LogP contribution in [-0.4, -0.2) is 53.7 Å². The van der Waals surface area contributed by atoms with Crippen molar-refractivity contribution in [2.24, 2.45) is 5.41 Å². The van der Waals surface area contributed by atoms with Gasteiger partial charge in [-0.3, -0.25) is 4.79 Å². The van der Waals surface area contributed by atoms with Crippen LogP contribution in [0.15, 0.2) is 0 Å². The third-order valence-electron chi connectivity index (χ3n) is 4.35. The number of hydrogen-bond acceptors (Lipinski definition) is 3. The molecular formula is C15H31N3O3. The molecule has 0 saturated carbocycles. The van der Waals surface area contributed by atoms with E-state index in [1.54, 1.807) is 27.7 Å². The van der Waals surface area contributed by atoms with Gasteiger partial charge in [-0.2, -0.15) is 0 Å². The van der Waals surface area contributed by atoms with E-state index >= 15 is 0 Å². The fourth-order valence-electron chi connectivity index (χ4n) is 1.80. The molecule has 0 aliphatic rings. The fraction of sp³-hybridized carbons (Fsp3) is 0.867. The molecule has 3 N–H and O–H groups in total. The monoisotopic (exact) mass is 301 g/mol. The number of nitrogens with zero attached hydrogens (tertiary/aromatic N) is 1. The lowest BCUT2D eigenvalue weighted by molar-refractivity contribution is -0.150. The van der Waals surface area contributed by atoms with E-state index in [4.69, 9.17) is 0 Å².